The van der Waals surface area contributed by atoms with Crippen LogP contribution in [0.15, 0.2) is 24.3 Å². The van der Waals surface area contributed by atoms with Crippen molar-refractivity contribution in [2.24, 2.45) is 11.3 Å². The Balaban J connectivity index is 1.46. The maximum atomic E-state index is 13.3. The van der Waals surface area contributed by atoms with Crippen LogP contribution in [0.2, 0.25) is 0 Å². The van der Waals surface area contributed by atoms with Gasteiger partial charge in [0.05, 0.1) is 24.6 Å². The number of amides is 4. The van der Waals surface area contributed by atoms with E-state index < -0.39 is 11.6 Å². The Labute approximate surface area is 183 Å². The van der Waals surface area contributed by atoms with Crippen molar-refractivity contribution in [3.05, 3.63) is 24.3 Å². The average molecular weight is 429 g/mol. The molecule has 8 nitrogen and oxygen atoms in total. The van der Waals surface area contributed by atoms with Crippen LogP contribution in [0.4, 0.5) is 16.2 Å². The number of benzene rings is 1. The largest absolute Gasteiger partial charge is 0.378 e. The van der Waals surface area contributed by atoms with Crippen molar-refractivity contribution in [2.45, 2.75) is 45.6 Å². The number of morpholine rings is 1. The van der Waals surface area contributed by atoms with Crippen molar-refractivity contribution < 1.29 is 19.1 Å². The first-order chi connectivity index (χ1) is 14.7. The van der Waals surface area contributed by atoms with Crippen molar-refractivity contribution in [3.63, 3.8) is 0 Å². The highest BCUT2D eigenvalue weighted by atomic mass is 16.5. The molecule has 31 heavy (non-hydrogen) atoms. The number of carbonyl (C=O) groups excluding carboxylic acids is 3. The molecule has 2 heterocycles. The van der Waals surface area contributed by atoms with Crippen LogP contribution < -0.4 is 15.5 Å². The van der Waals surface area contributed by atoms with Gasteiger partial charge in [-0.2, -0.15) is 0 Å². The van der Waals surface area contributed by atoms with Crippen molar-refractivity contribution in [1.82, 2.24) is 10.2 Å². The molecule has 3 fully saturated rings. The Morgan fingerprint density at radius 2 is 1.90 bits per heavy atom. The Hall–Kier alpha value is -2.61. The first-order valence-electron chi connectivity index (χ1n) is 11.0. The van der Waals surface area contributed by atoms with Crippen LogP contribution in [0.5, 0.6) is 0 Å². The first kappa shape index (κ1) is 21.6. The molecule has 1 spiro atoms. The lowest BCUT2D eigenvalue weighted by atomic mass is 9.64. The topological polar surface area (TPSA) is 91.0 Å². The molecule has 2 saturated heterocycles. The second-order valence-corrected chi connectivity index (χ2v) is 9.92. The van der Waals surface area contributed by atoms with Gasteiger partial charge in [-0.1, -0.05) is 32.9 Å². The maximum Gasteiger partial charge on any atom is 0.325 e. The number of urea groups is 1. The van der Waals surface area contributed by atoms with Crippen molar-refractivity contribution in [2.75, 3.05) is 43.1 Å². The quantitative estimate of drug-likeness (QED) is 0.720. The van der Waals surface area contributed by atoms with E-state index in [9.17, 15) is 14.4 Å². The van der Waals surface area contributed by atoms with E-state index in [2.05, 4.69) is 36.3 Å². The number of nitrogens with zero attached hydrogens (tertiary/aromatic N) is 2. The molecule has 2 aliphatic heterocycles. The molecule has 2 N–H and O–H groups in total. The Morgan fingerprint density at radius 1 is 1.19 bits per heavy atom. The van der Waals surface area contributed by atoms with Crippen LogP contribution in [-0.2, 0) is 14.3 Å². The molecule has 3 aliphatic rings. The van der Waals surface area contributed by atoms with Crippen molar-refractivity contribution in [1.29, 1.82) is 0 Å². The normalized spacial score (nSPS) is 28.0. The van der Waals surface area contributed by atoms with E-state index in [1.807, 2.05) is 24.3 Å². The first-order valence-corrected chi connectivity index (χ1v) is 11.0. The number of ether oxygens (including phenoxy) is 1. The monoisotopic (exact) mass is 428 g/mol. The highest BCUT2D eigenvalue weighted by Gasteiger charge is 2.56. The lowest BCUT2D eigenvalue weighted by Gasteiger charge is -2.43. The molecule has 168 valence electrons. The summed E-state index contributed by atoms with van der Waals surface area (Å²) in [5.74, 6) is -0.347. The maximum absolute atomic E-state index is 13.3. The van der Waals surface area contributed by atoms with E-state index in [1.54, 1.807) is 0 Å². The predicted molar refractivity (Wildman–Crippen MR) is 118 cm³/mol. The molecule has 0 radical (unpaired) electrons. The van der Waals surface area contributed by atoms with Crippen LogP contribution in [0.3, 0.4) is 0 Å². The lowest BCUT2D eigenvalue weighted by molar-refractivity contribution is -0.136. The molecule has 1 aromatic carbocycles. The van der Waals surface area contributed by atoms with Gasteiger partial charge in [0, 0.05) is 13.1 Å². The fourth-order valence-corrected chi connectivity index (χ4v) is 5.64. The van der Waals surface area contributed by atoms with Gasteiger partial charge in [0.2, 0.25) is 5.91 Å². The molecular weight excluding hydrogens is 396 g/mol. The second-order valence-electron chi connectivity index (χ2n) is 9.92. The fraction of sp³-hybridized carbons (Fsp3) is 0.609. The van der Waals surface area contributed by atoms with E-state index in [-0.39, 0.29) is 23.8 Å². The van der Waals surface area contributed by atoms with Crippen LogP contribution in [0.25, 0.3) is 0 Å². The lowest BCUT2D eigenvalue weighted by Crippen LogP contribution is -2.54. The van der Waals surface area contributed by atoms with Crippen molar-refractivity contribution >= 4 is 29.2 Å². The third-order valence-electron chi connectivity index (χ3n) is 6.46. The van der Waals surface area contributed by atoms with Gasteiger partial charge in [-0.25, -0.2) is 4.79 Å². The molecule has 8 heteroatoms. The average Bonchev–Trinajstić information content (AvgIpc) is 2.90. The number of nitrogens with one attached hydrogen (secondary N) is 2. The van der Waals surface area contributed by atoms with E-state index in [4.69, 9.17) is 4.74 Å². The molecule has 2 atom stereocenters. The molecule has 0 aromatic heterocycles. The van der Waals surface area contributed by atoms with Gasteiger partial charge >= 0.3 is 6.03 Å². The minimum Gasteiger partial charge on any atom is -0.378 e. The summed E-state index contributed by atoms with van der Waals surface area (Å²) < 4.78 is 5.41. The molecule has 1 aliphatic carbocycles. The summed E-state index contributed by atoms with van der Waals surface area (Å²) in [6.45, 7) is 8.85. The molecular formula is C23H32N4O4. The van der Waals surface area contributed by atoms with E-state index in [1.165, 1.54) is 0 Å². The SMILES string of the molecule is C[C@H]1CC(C)(C)C[C@]2(C1)NC(=O)N(CC(=O)Nc1ccccc1N1CCOCC1)C2=O. The summed E-state index contributed by atoms with van der Waals surface area (Å²) in [7, 11) is 0. The number of imide groups is 1. The van der Waals surface area contributed by atoms with Crippen molar-refractivity contribution in [3.8, 4) is 0 Å². The molecule has 1 aromatic rings. The summed E-state index contributed by atoms with van der Waals surface area (Å²) in [4.78, 5) is 42.0. The Bertz CT molecular complexity index is 880. The zero-order valence-electron chi connectivity index (χ0n) is 18.6. The summed E-state index contributed by atoms with van der Waals surface area (Å²) in [5, 5.41) is 5.82. The van der Waals surface area contributed by atoms with E-state index in [0.29, 0.717) is 37.7 Å². The minimum absolute atomic E-state index is 0.0457. The second kappa shape index (κ2) is 8.15. The molecule has 4 amide bonds. The van der Waals surface area contributed by atoms with Gasteiger partial charge in [0.25, 0.3) is 5.91 Å². The highest BCUT2D eigenvalue weighted by molar-refractivity contribution is 6.10. The van der Waals surface area contributed by atoms with E-state index >= 15 is 0 Å². The van der Waals surface area contributed by atoms with Gasteiger partial charge < -0.3 is 20.3 Å². The zero-order chi connectivity index (χ0) is 22.2. The number of rotatable bonds is 4. The van der Waals surface area contributed by atoms with E-state index in [0.717, 1.165) is 30.1 Å². The van der Waals surface area contributed by atoms with Gasteiger partial charge in [-0.3, -0.25) is 14.5 Å². The minimum atomic E-state index is -0.899. The van der Waals surface area contributed by atoms with Gasteiger partial charge in [-0.15, -0.1) is 0 Å². The molecule has 4 rings (SSSR count). The predicted octanol–water partition coefficient (Wildman–Crippen LogP) is 2.60. The summed E-state index contributed by atoms with van der Waals surface area (Å²) in [6.07, 6.45) is 2.21. The van der Waals surface area contributed by atoms with Crippen LogP contribution >= 0.6 is 0 Å². The fourth-order valence-electron chi connectivity index (χ4n) is 5.64. The summed E-state index contributed by atoms with van der Waals surface area (Å²) in [6, 6.07) is 7.09. The number of carbonyl (C=O) groups is 3. The number of anilines is 2. The van der Waals surface area contributed by atoms with Crippen LogP contribution in [0.1, 0.15) is 40.0 Å². The summed E-state index contributed by atoms with van der Waals surface area (Å²) >= 11 is 0. The highest BCUT2D eigenvalue weighted by Crippen LogP contribution is 2.46. The Morgan fingerprint density at radius 3 is 2.61 bits per heavy atom. The molecule has 1 saturated carbocycles. The zero-order valence-corrected chi connectivity index (χ0v) is 18.6. The third-order valence-corrected chi connectivity index (χ3v) is 6.46. The number of hydrogen-bond acceptors (Lipinski definition) is 5. The third kappa shape index (κ3) is 4.39. The molecule has 0 bridgehead atoms. The number of para-hydroxylation sites is 2. The van der Waals surface area contributed by atoms with Crippen LogP contribution in [0, 0.1) is 11.3 Å². The molecule has 0 unspecified atom stereocenters. The van der Waals surface area contributed by atoms with Crippen LogP contribution in [-0.4, -0.2) is 61.1 Å². The van der Waals surface area contributed by atoms with Gasteiger partial charge in [0.1, 0.15) is 12.1 Å². The van der Waals surface area contributed by atoms with Gasteiger partial charge in [0.15, 0.2) is 0 Å². The summed E-state index contributed by atoms with van der Waals surface area (Å²) in [5.41, 5.74) is 0.638. The number of hydrogen-bond donors (Lipinski definition) is 2. The Kier molecular flexibility index (Phi) is 5.68. The standard InChI is InChI=1S/C23H32N4O4/c1-16-12-22(2,3)15-23(13-16)20(29)27(21(30)25-23)14-19(28)24-17-6-4-5-7-18(17)26-8-10-31-11-9-26/h4-7,16H,8-15H2,1-3H3,(H,24,28)(H,25,30)/t16-,23-/m0/s1. The van der Waals surface area contributed by atoms with Gasteiger partial charge in [-0.05, 0) is 42.7 Å². The smallest absolute Gasteiger partial charge is 0.325 e.